The fourth-order valence-corrected chi connectivity index (χ4v) is 2.63. The molecule has 0 fully saturated rings. The van der Waals surface area contributed by atoms with Crippen molar-refractivity contribution < 1.29 is 9.15 Å². The van der Waals surface area contributed by atoms with Crippen LogP contribution in [0.2, 0.25) is 0 Å². The molecule has 4 nitrogen and oxygen atoms in total. The highest BCUT2D eigenvalue weighted by molar-refractivity contribution is 6.15. The maximum Gasteiger partial charge on any atom is 0.346 e. The summed E-state index contributed by atoms with van der Waals surface area (Å²) in [6.45, 7) is 0. The third-order valence-electron chi connectivity index (χ3n) is 3.57. The van der Waals surface area contributed by atoms with Gasteiger partial charge < -0.3 is 14.1 Å². The fourth-order valence-electron chi connectivity index (χ4n) is 2.63. The van der Waals surface area contributed by atoms with Gasteiger partial charge in [0.25, 0.3) is 0 Å². The van der Waals surface area contributed by atoms with Crippen LogP contribution >= 0.6 is 0 Å². The predicted molar refractivity (Wildman–Crippen MR) is 78.4 cm³/mol. The number of H-pyrrole nitrogens is 1. The normalized spacial score (nSPS) is 11.4. The summed E-state index contributed by atoms with van der Waals surface area (Å²) in [4.78, 5) is 15.5. The molecule has 0 aliphatic rings. The van der Waals surface area contributed by atoms with Crippen molar-refractivity contribution in [2.75, 3.05) is 7.11 Å². The number of nitrogens with one attached hydrogen (secondary N) is 1. The van der Waals surface area contributed by atoms with Gasteiger partial charge in [0.05, 0.1) is 18.0 Å². The lowest BCUT2D eigenvalue weighted by Gasteiger charge is -1.98. The highest BCUT2D eigenvalue weighted by atomic mass is 16.5. The van der Waals surface area contributed by atoms with Crippen LogP contribution in [0.3, 0.4) is 0 Å². The van der Waals surface area contributed by atoms with Gasteiger partial charge in [-0.05, 0) is 30.3 Å². The molecule has 98 valence electrons. The summed E-state index contributed by atoms with van der Waals surface area (Å²) in [6, 6.07) is 13.1. The van der Waals surface area contributed by atoms with Gasteiger partial charge in [-0.2, -0.15) is 0 Å². The summed E-state index contributed by atoms with van der Waals surface area (Å²) < 4.78 is 10.6. The van der Waals surface area contributed by atoms with Crippen LogP contribution in [0.1, 0.15) is 0 Å². The first kappa shape index (κ1) is 11.1. The van der Waals surface area contributed by atoms with Gasteiger partial charge in [-0.25, -0.2) is 4.79 Å². The molecule has 0 atom stereocenters. The molecule has 4 rings (SSSR count). The maximum absolute atomic E-state index is 12.2. The van der Waals surface area contributed by atoms with Crippen LogP contribution in [0.15, 0.2) is 51.7 Å². The molecule has 4 aromatic rings. The van der Waals surface area contributed by atoms with Crippen molar-refractivity contribution in [1.82, 2.24) is 4.98 Å². The largest absolute Gasteiger partial charge is 0.497 e. The predicted octanol–water partition coefficient (Wildman–Crippen LogP) is 3.44. The third-order valence-corrected chi connectivity index (χ3v) is 3.57. The molecule has 0 unspecified atom stereocenters. The van der Waals surface area contributed by atoms with E-state index < -0.39 is 0 Å². The zero-order valence-corrected chi connectivity index (χ0v) is 10.8. The van der Waals surface area contributed by atoms with E-state index in [4.69, 9.17) is 9.15 Å². The number of fused-ring (bicyclic) bond motifs is 5. The highest BCUT2D eigenvalue weighted by Gasteiger charge is 2.13. The number of ether oxygens (including phenoxy) is 1. The first-order valence-corrected chi connectivity index (χ1v) is 6.29. The van der Waals surface area contributed by atoms with E-state index in [1.54, 1.807) is 13.2 Å². The van der Waals surface area contributed by atoms with Crippen molar-refractivity contribution in [2.45, 2.75) is 0 Å². The summed E-state index contributed by atoms with van der Waals surface area (Å²) in [5.41, 5.74) is 1.95. The minimum absolute atomic E-state index is 0.335. The van der Waals surface area contributed by atoms with E-state index in [0.717, 1.165) is 21.8 Å². The Morgan fingerprint density at radius 2 is 1.95 bits per heavy atom. The standard InChI is InChI=1S/C16H11NO3/c1-19-9-6-7-12-11(8-9)14-15(17-12)10-4-2-3-5-13(10)20-16(14)18/h2-8,17H,1H3. The van der Waals surface area contributed by atoms with Crippen LogP contribution in [0, 0.1) is 0 Å². The number of aromatic amines is 1. The van der Waals surface area contributed by atoms with Crippen LogP contribution < -0.4 is 10.4 Å². The molecule has 2 aromatic heterocycles. The third kappa shape index (κ3) is 1.39. The smallest absolute Gasteiger partial charge is 0.346 e. The van der Waals surface area contributed by atoms with Crippen LogP contribution in [-0.2, 0) is 0 Å². The van der Waals surface area contributed by atoms with E-state index in [0.29, 0.717) is 16.7 Å². The van der Waals surface area contributed by atoms with Crippen molar-refractivity contribution in [3.05, 3.63) is 52.9 Å². The van der Waals surface area contributed by atoms with E-state index in [-0.39, 0.29) is 5.63 Å². The Hall–Kier alpha value is -2.75. The SMILES string of the molecule is COc1ccc2[nH]c3c4ccccc4oc(=O)c3c2c1. The van der Waals surface area contributed by atoms with Crippen LogP contribution in [0.25, 0.3) is 32.8 Å². The number of hydrogen-bond acceptors (Lipinski definition) is 3. The van der Waals surface area contributed by atoms with E-state index in [9.17, 15) is 4.79 Å². The van der Waals surface area contributed by atoms with Crippen molar-refractivity contribution >= 4 is 32.8 Å². The van der Waals surface area contributed by atoms with Gasteiger partial charge in [-0.1, -0.05) is 12.1 Å². The molecule has 4 heteroatoms. The van der Waals surface area contributed by atoms with Crippen LogP contribution in [-0.4, -0.2) is 12.1 Å². The highest BCUT2D eigenvalue weighted by Crippen LogP contribution is 2.30. The average molecular weight is 265 g/mol. The Bertz CT molecular complexity index is 1010. The van der Waals surface area contributed by atoms with E-state index in [1.165, 1.54) is 0 Å². The molecule has 2 aromatic carbocycles. The Balaban J connectivity index is 2.30. The second-order valence-corrected chi connectivity index (χ2v) is 4.67. The van der Waals surface area contributed by atoms with E-state index in [2.05, 4.69) is 4.98 Å². The number of benzene rings is 2. The van der Waals surface area contributed by atoms with E-state index >= 15 is 0 Å². The molecule has 2 heterocycles. The molecular formula is C16H11NO3. The molecule has 0 radical (unpaired) electrons. The topological polar surface area (TPSA) is 55.2 Å². The van der Waals surface area contributed by atoms with Gasteiger partial charge in [0.15, 0.2) is 0 Å². The summed E-state index contributed by atoms with van der Waals surface area (Å²) in [5.74, 6) is 0.714. The molecule has 0 amide bonds. The second-order valence-electron chi connectivity index (χ2n) is 4.67. The van der Waals surface area contributed by atoms with E-state index in [1.807, 2.05) is 36.4 Å². The van der Waals surface area contributed by atoms with Crippen molar-refractivity contribution in [1.29, 1.82) is 0 Å². The summed E-state index contributed by atoms with van der Waals surface area (Å²) in [7, 11) is 1.61. The fraction of sp³-hybridized carbons (Fsp3) is 0.0625. The Morgan fingerprint density at radius 1 is 1.10 bits per heavy atom. The molecule has 1 N–H and O–H groups in total. The summed E-state index contributed by atoms with van der Waals surface area (Å²) in [6.07, 6.45) is 0. The monoisotopic (exact) mass is 265 g/mol. The molecular weight excluding hydrogens is 254 g/mol. The number of hydrogen-bond donors (Lipinski definition) is 1. The van der Waals surface area contributed by atoms with Gasteiger partial charge in [0.2, 0.25) is 0 Å². The Kier molecular flexibility index (Phi) is 2.15. The van der Waals surface area contributed by atoms with Gasteiger partial charge in [0, 0.05) is 16.3 Å². The zero-order valence-electron chi connectivity index (χ0n) is 10.8. The molecule has 0 saturated heterocycles. The van der Waals surface area contributed by atoms with Crippen molar-refractivity contribution in [3.8, 4) is 5.75 Å². The number of aromatic nitrogens is 1. The van der Waals surface area contributed by atoms with Gasteiger partial charge in [0.1, 0.15) is 11.3 Å². The molecule has 0 aliphatic carbocycles. The maximum atomic E-state index is 12.2. The summed E-state index contributed by atoms with van der Waals surface area (Å²) >= 11 is 0. The Morgan fingerprint density at radius 3 is 2.80 bits per heavy atom. The number of para-hydroxylation sites is 1. The Labute approximate surface area is 113 Å². The lowest BCUT2D eigenvalue weighted by Crippen LogP contribution is -1.98. The average Bonchev–Trinajstić information content (AvgIpc) is 2.86. The number of methoxy groups -OCH3 is 1. The first-order chi connectivity index (χ1) is 9.78. The summed E-state index contributed by atoms with van der Waals surface area (Å²) in [5, 5.41) is 2.29. The lowest BCUT2D eigenvalue weighted by atomic mass is 10.1. The molecule has 20 heavy (non-hydrogen) atoms. The molecule has 0 spiro atoms. The molecule has 0 bridgehead atoms. The quantitative estimate of drug-likeness (QED) is 0.536. The van der Waals surface area contributed by atoms with Crippen LogP contribution in [0.5, 0.6) is 5.75 Å². The van der Waals surface area contributed by atoms with Crippen molar-refractivity contribution in [2.24, 2.45) is 0 Å². The lowest BCUT2D eigenvalue weighted by molar-refractivity contribution is 0.415. The van der Waals surface area contributed by atoms with Crippen molar-refractivity contribution in [3.63, 3.8) is 0 Å². The van der Waals surface area contributed by atoms with Gasteiger partial charge in [-0.15, -0.1) is 0 Å². The molecule has 0 saturated carbocycles. The minimum atomic E-state index is -0.335. The first-order valence-electron chi connectivity index (χ1n) is 6.29. The molecule has 0 aliphatic heterocycles. The second kappa shape index (κ2) is 3.87. The van der Waals surface area contributed by atoms with Gasteiger partial charge in [-0.3, -0.25) is 0 Å². The van der Waals surface area contributed by atoms with Gasteiger partial charge >= 0.3 is 5.63 Å². The van der Waals surface area contributed by atoms with Crippen LogP contribution in [0.4, 0.5) is 0 Å². The minimum Gasteiger partial charge on any atom is -0.497 e. The number of rotatable bonds is 1. The zero-order chi connectivity index (χ0) is 13.7.